The van der Waals surface area contributed by atoms with E-state index in [2.05, 4.69) is 28.2 Å². The summed E-state index contributed by atoms with van der Waals surface area (Å²) < 4.78 is 0.870. The van der Waals surface area contributed by atoms with Crippen molar-refractivity contribution >= 4 is 45.4 Å². The molecule has 0 aromatic heterocycles. The molecule has 2 aromatic rings. The largest absolute Gasteiger partial charge is 0.507 e. The van der Waals surface area contributed by atoms with Gasteiger partial charge in [0.25, 0.3) is 5.91 Å². The zero-order valence-electron chi connectivity index (χ0n) is 16.3. The first-order valence-electron chi connectivity index (χ1n) is 10.0. The van der Waals surface area contributed by atoms with Crippen LogP contribution < -0.4 is 5.32 Å². The second kappa shape index (κ2) is 8.84. The van der Waals surface area contributed by atoms with Crippen LogP contribution in [0.4, 0.5) is 5.69 Å². The number of carbonyl (C=O) groups excluding carboxylic acids is 1. The van der Waals surface area contributed by atoms with Gasteiger partial charge in [-0.15, -0.1) is 0 Å². The van der Waals surface area contributed by atoms with Gasteiger partial charge >= 0.3 is 0 Å². The highest BCUT2D eigenvalue weighted by Gasteiger charge is 2.42. The van der Waals surface area contributed by atoms with E-state index in [1.165, 1.54) is 18.2 Å². The first-order valence-corrected chi connectivity index (χ1v) is 11.7. The molecule has 1 aliphatic carbocycles. The van der Waals surface area contributed by atoms with Crippen molar-refractivity contribution in [2.45, 2.75) is 44.1 Å². The molecule has 2 aliphatic rings. The highest BCUT2D eigenvalue weighted by molar-refractivity contribution is 9.10. The van der Waals surface area contributed by atoms with E-state index in [4.69, 9.17) is 0 Å². The summed E-state index contributed by atoms with van der Waals surface area (Å²) in [7, 11) is 0. The van der Waals surface area contributed by atoms with E-state index in [9.17, 15) is 9.90 Å². The van der Waals surface area contributed by atoms with E-state index in [-0.39, 0.29) is 23.2 Å². The molecule has 4 nitrogen and oxygen atoms in total. The minimum Gasteiger partial charge on any atom is -0.507 e. The summed E-state index contributed by atoms with van der Waals surface area (Å²) >= 11 is 4.97. The third-order valence-electron chi connectivity index (χ3n) is 5.70. The van der Waals surface area contributed by atoms with Crippen molar-refractivity contribution in [1.82, 2.24) is 4.90 Å². The normalized spacial score (nSPS) is 26.1. The lowest BCUT2D eigenvalue weighted by atomic mass is 9.85. The van der Waals surface area contributed by atoms with Crippen molar-refractivity contribution in [3.05, 3.63) is 63.5 Å². The fourth-order valence-corrected chi connectivity index (χ4v) is 5.73. The Bertz CT molecular complexity index is 918. The van der Waals surface area contributed by atoms with Crippen molar-refractivity contribution in [2.24, 2.45) is 5.92 Å². The minimum absolute atomic E-state index is 0.0431. The summed E-state index contributed by atoms with van der Waals surface area (Å²) in [5.74, 6) is 0.694. The summed E-state index contributed by atoms with van der Waals surface area (Å²) in [5, 5.41) is 13.8. The Hall–Kier alpha value is -1.92. The summed E-state index contributed by atoms with van der Waals surface area (Å²) in [6.45, 7) is 2.25. The Labute approximate surface area is 184 Å². The summed E-state index contributed by atoms with van der Waals surface area (Å²) in [6, 6.07) is 15.5. The predicted octanol–water partition coefficient (Wildman–Crippen LogP) is 6.05. The maximum absolute atomic E-state index is 13.5. The number of aromatic hydroxyl groups is 1. The molecule has 1 saturated carbocycles. The van der Waals surface area contributed by atoms with Gasteiger partial charge in [0, 0.05) is 21.8 Å². The molecule has 152 valence electrons. The topological polar surface area (TPSA) is 52.6 Å². The van der Waals surface area contributed by atoms with Gasteiger partial charge in [0.05, 0.1) is 4.91 Å². The number of halogens is 1. The zero-order valence-corrected chi connectivity index (χ0v) is 18.7. The maximum atomic E-state index is 13.5. The molecule has 2 fully saturated rings. The number of nitrogens with zero attached hydrogens (tertiary/aromatic N) is 1. The second-order valence-electron chi connectivity index (χ2n) is 7.73. The molecule has 1 amide bonds. The number of rotatable bonds is 4. The van der Waals surface area contributed by atoms with E-state index < -0.39 is 0 Å². The van der Waals surface area contributed by atoms with Crippen LogP contribution in [0.3, 0.4) is 0 Å². The van der Waals surface area contributed by atoms with Crippen LogP contribution >= 0.6 is 27.7 Å². The number of para-hydroxylation sites is 1. The molecule has 6 heteroatoms. The number of amides is 1. The predicted molar refractivity (Wildman–Crippen MR) is 123 cm³/mol. The molecule has 1 saturated heterocycles. The Morgan fingerprint density at radius 2 is 1.93 bits per heavy atom. The first-order chi connectivity index (χ1) is 14.0. The van der Waals surface area contributed by atoms with E-state index in [1.807, 2.05) is 41.3 Å². The summed E-state index contributed by atoms with van der Waals surface area (Å²) in [5.41, 5.74) is 1.49. The number of phenols is 1. The van der Waals surface area contributed by atoms with E-state index >= 15 is 0 Å². The molecular weight excluding hydrogens is 448 g/mol. The monoisotopic (exact) mass is 472 g/mol. The Morgan fingerprint density at radius 3 is 2.69 bits per heavy atom. The summed E-state index contributed by atoms with van der Waals surface area (Å²) in [6.07, 6.45) is 6.39. The van der Waals surface area contributed by atoms with Crippen LogP contribution in [0, 0.1) is 5.92 Å². The molecule has 0 bridgehead atoms. The summed E-state index contributed by atoms with van der Waals surface area (Å²) in [4.78, 5) is 16.1. The number of phenolic OH excluding ortho intramolecular Hbond substituents is 1. The molecule has 0 spiro atoms. The molecule has 2 aromatic carbocycles. The number of thioether (sulfide) groups is 1. The molecule has 0 radical (unpaired) electrons. The van der Waals surface area contributed by atoms with Crippen LogP contribution in [0.5, 0.6) is 5.75 Å². The molecular formula is C23H25BrN2O2S. The Kier molecular flexibility index (Phi) is 6.20. The molecule has 3 atom stereocenters. The van der Waals surface area contributed by atoms with Gasteiger partial charge in [0.2, 0.25) is 0 Å². The van der Waals surface area contributed by atoms with E-state index in [1.54, 1.807) is 18.2 Å². The number of nitrogens with one attached hydrogen (secondary N) is 1. The van der Waals surface area contributed by atoms with E-state index in [0.717, 1.165) is 29.4 Å². The number of benzene rings is 2. The van der Waals surface area contributed by atoms with Gasteiger partial charge in [0.15, 0.2) is 5.50 Å². The zero-order chi connectivity index (χ0) is 20.4. The quantitative estimate of drug-likeness (QED) is 0.532. The molecule has 2 N–H and O–H groups in total. The molecule has 1 aliphatic heterocycles. The number of hydrogen-bond donors (Lipinski definition) is 2. The van der Waals surface area contributed by atoms with Gasteiger partial charge < -0.3 is 15.3 Å². The fourth-order valence-electron chi connectivity index (χ4n) is 4.15. The lowest BCUT2D eigenvalue weighted by Crippen LogP contribution is -2.48. The van der Waals surface area contributed by atoms with Crippen molar-refractivity contribution in [2.75, 3.05) is 5.32 Å². The van der Waals surface area contributed by atoms with Gasteiger partial charge in [-0.2, -0.15) is 0 Å². The average Bonchev–Trinajstić information content (AvgIpc) is 3.01. The minimum atomic E-state index is -0.156. The van der Waals surface area contributed by atoms with Gasteiger partial charge in [-0.25, -0.2) is 0 Å². The lowest BCUT2D eigenvalue weighted by molar-refractivity contribution is -0.129. The van der Waals surface area contributed by atoms with Crippen LogP contribution in [0.15, 0.2) is 57.9 Å². The van der Waals surface area contributed by atoms with Gasteiger partial charge in [-0.3, -0.25) is 4.79 Å². The number of anilines is 1. The SMILES string of the molecule is C[C@@H]1CCCC[C@H]1N1C(=O)/C(=C/c2cc(Br)ccc2O)SC1Nc1ccccc1. The average molecular weight is 473 g/mol. The molecule has 4 rings (SSSR count). The standard InChI is InChI=1S/C23H25BrN2O2S/c1-15-7-5-6-10-19(15)26-22(28)21(14-16-13-17(24)11-12-20(16)27)29-23(26)25-18-8-3-2-4-9-18/h2-4,8-9,11-15,19,23,25,27H,5-7,10H2,1H3/b21-14-/t15-,19-,23?/m1/s1. The van der Waals surface area contributed by atoms with Gasteiger partial charge in [0.1, 0.15) is 5.75 Å². The van der Waals surface area contributed by atoms with Crippen molar-refractivity contribution in [3.8, 4) is 5.75 Å². The van der Waals surface area contributed by atoms with Crippen LogP contribution in [0.1, 0.15) is 38.2 Å². The Morgan fingerprint density at radius 1 is 1.17 bits per heavy atom. The van der Waals surface area contributed by atoms with Crippen LogP contribution in [-0.4, -0.2) is 27.5 Å². The maximum Gasteiger partial charge on any atom is 0.262 e. The van der Waals surface area contributed by atoms with Crippen LogP contribution in [0.2, 0.25) is 0 Å². The third kappa shape index (κ3) is 4.48. The lowest BCUT2D eigenvalue weighted by Gasteiger charge is -2.39. The highest BCUT2D eigenvalue weighted by atomic mass is 79.9. The number of carbonyl (C=O) groups is 1. The smallest absolute Gasteiger partial charge is 0.262 e. The fraction of sp³-hybridized carbons (Fsp3) is 0.348. The van der Waals surface area contributed by atoms with Crippen molar-refractivity contribution in [3.63, 3.8) is 0 Å². The van der Waals surface area contributed by atoms with Crippen LogP contribution in [0.25, 0.3) is 6.08 Å². The first kappa shape index (κ1) is 20.4. The van der Waals surface area contributed by atoms with Gasteiger partial charge in [-0.05, 0) is 55.2 Å². The number of hydrogen-bond acceptors (Lipinski definition) is 4. The van der Waals surface area contributed by atoms with E-state index in [0.29, 0.717) is 16.4 Å². The highest BCUT2D eigenvalue weighted by Crippen LogP contribution is 2.42. The molecule has 1 unspecified atom stereocenters. The molecule has 1 heterocycles. The van der Waals surface area contributed by atoms with Crippen molar-refractivity contribution < 1.29 is 9.90 Å². The third-order valence-corrected chi connectivity index (χ3v) is 7.31. The van der Waals surface area contributed by atoms with Crippen LogP contribution in [-0.2, 0) is 4.79 Å². The van der Waals surface area contributed by atoms with Crippen molar-refractivity contribution in [1.29, 1.82) is 0 Å². The van der Waals surface area contributed by atoms with Gasteiger partial charge in [-0.1, -0.05) is 65.7 Å². The Balaban J connectivity index is 1.67. The second-order valence-corrected chi connectivity index (χ2v) is 9.77. The molecule has 29 heavy (non-hydrogen) atoms.